The fourth-order valence-corrected chi connectivity index (χ4v) is 4.75. The number of rotatable bonds is 6. The summed E-state index contributed by atoms with van der Waals surface area (Å²) in [6.45, 7) is 0.366. The molecule has 0 aliphatic carbocycles. The number of anilines is 2. The molecule has 0 spiro atoms. The molecule has 1 amide bonds. The van der Waals surface area contributed by atoms with Crippen molar-refractivity contribution in [2.45, 2.75) is 11.3 Å². The van der Waals surface area contributed by atoms with Crippen molar-refractivity contribution >= 4 is 38.1 Å². The van der Waals surface area contributed by atoms with E-state index in [1.807, 2.05) is 0 Å². The molecule has 8 nitrogen and oxygen atoms in total. The van der Waals surface area contributed by atoms with Crippen LogP contribution in [0.2, 0.25) is 0 Å². The molecular weight excluding hydrogens is 400 g/mol. The molecule has 0 unspecified atom stereocenters. The summed E-state index contributed by atoms with van der Waals surface area (Å²) >= 11 is 1.21. The number of hydrogen-bond donors (Lipinski definition) is 1. The van der Waals surface area contributed by atoms with E-state index in [-0.39, 0.29) is 17.4 Å². The van der Waals surface area contributed by atoms with Gasteiger partial charge in [-0.1, -0.05) is 0 Å². The number of thiazole rings is 1. The zero-order valence-electron chi connectivity index (χ0n) is 14.6. The highest BCUT2D eigenvalue weighted by Crippen LogP contribution is 2.31. The normalized spacial score (nSPS) is 13.2. The number of fused-ring (bicyclic) bond motifs is 1. The molecule has 3 aromatic rings. The van der Waals surface area contributed by atoms with E-state index in [0.717, 1.165) is 5.56 Å². The Morgan fingerprint density at radius 3 is 2.93 bits per heavy atom. The fourth-order valence-electron chi connectivity index (χ4n) is 2.91. The van der Waals surface area contributed by atoms with Gasteiger partial charge >= 0.3 is 0 Å². The molecule has 28 heavy (non-hydrogen) atoms. The summed E-state index contributed by atoms with van der Waals surface area (Å²) in [4.78, 5) is 22.1. The third kappa shape index (κ3) is 3.82. The van der Waals surface area contributed by atoms with Gasteiger partial charge in [0.15, 0.2) is 11.7 Å². The first kappa shape index (κ1) is 18.4. The number of carbonyl (C=O) groups is 1. The molecule has 4 rings (SSSR count). The number of ether oxygens (including phenoxy) is 1. The van der Waals surface area contributed by atoms with Crippen LogP contribution in [0.15, 0.2) is 59.2 Å². The fraction of sp³-hybridized carbons (Fsp3) is 0.167. The van der Waals surface area contributed by atoms with Crippen LogP contribution >= 0.6 is 11.3 Å². The lowest BCUT2D eigenvalue weighted by Crippen LogP contribution is -2.33. The minimum atomic E-state index is -3.73. The van der Waals surface area contributed by atoms with Crippen LogP contribution in [0.3, 0.4) is 0 Å². The number of sulfonamides is 1. The Balaban J connectivity index is 1.48. The van der Waals surface area contributed by atoms with Crippen molar-refractivity contribution in [1.29, 1.82) is 0 Å². The molecule has 0 saturated carbocycles. The number of benzene rings is 1. The molecule has 144 valence electrons. The molecule has 1 N–H and O–H groups in total. The largest absolute Gasteiger partial charge is 0.482 e. The molecule has 0 saturated heterocycles. The van der Waals surface area contributed by atoms with E-state index >= 15 is 0 Å². The van der Waals surface area contributed by atoms with Gasteiger partial charge < -0.3 is 9.64 Å². The van der Waals surface area contributed by atoms with Crippen LogP contribution in [0.5, 0.6) is 5.75 Å². The smallest absolute Gasteiger partial charge is 0.264 e. The van der Waals surface area contributed by atoms with Crippen LogP contribution < -0.4 is 14.4 Å². The van der Waals surface area contributed by atoms with Crippen LogP contribution in [0.1, 0.15) is 5.56 Å². The summed E-state index contributed by atoms with van der Waals surface area (Å²) in [5, 5.41) is 2.00. The van der Waals surface area contributed by atoms with Gasteiger partial charge in [0.25, 0.3) is 15.9 Å². The molecule has 1 aliphatic heterocycles. The van der Waals surface area contributed by atoms with Crippen molar-refractivity contribution in [2.75, 3.05) is 22.8 Å². The van der Waals surface area contributed by atoms with E-state index in [9.17, 15) is 13.2 Å². The van der Waals surface area contributed by atoms with Gasteiger partial charge in [0.1, 0.15) is 5.75 Å². The lowest BCUT2D eigenvalue weighted by atomic mass is 10.2. The van der Waals surface area contributed by atoms with Crippen LogP contribution in [-0.4, -0.2) is 37.4 Å². The topological polar surface area (TPSA) is 101 Å². The summed E-state index contributed by atoms with van der Waals surface area (Å²) in [6, 6.07) is 8.20. The molecule has 3 heterocycles. The zero-order chi connectivity index (χ0) is 19.6. The van der Waals surface area contributed by atoms with Crippen molar-refractivity contribution in [3.8, 4) is 5.75 Å². The zero-order valence-corrected chi connectivity index (χ0v) is 16.2. The average molecular weight is 416 g/mol. The number of hydrogen-bond acceptors (Lipinski definition) is 7. The van der Waals surface area contributed by atoms with E-state index in [4.69, 9.17) is 4.74 Å². The monoisotopic (exact) mass is 416 g/mol. The van der Waals surface area contributed by atoms with Crippen LogP contribution in [0.25, 0.3) is 0 Å². The number of aromatic nitrogens is 2. The third-order valence-electron chi connectivity index (χ3n) is 4.21. The standard InChI is InChI=1S/C18H16N4O4S2/c23-17(12-26-14-2-1-6-19-11-14)22-8-5-13-10-15(3-4-16(13)22)28(24,25)21-18-20-7-9-27-18/h1-4,6-7,9-11H,5,8,12H2,(H,20,21). The maximum atomic E-state index is 12.5. The van der Waals surface area contributed by atoms with Gasteiger partial charge in [-0.3, -0.25) is 14.5 Å². The second-order valence-corrected chi connectivity index (χ2v) is 8.58. The number of nitrogens with zero attached hydrogens (tertiary/aromatic N) is 3. The van der Waals surface area contributed by atoms with Crippen molar-refractivity contribution in [3.63, 3.8) is 0 Å². The highest BCUT2D eigenvalue weighted by atomic mass is 32.2. The van der Waals surface area contributed by atoms with E-state index in [2.05, 4.69) is 14.7 Å². The number of amides is 1. The maximum absolute atomic E-state index is 12.5. The van der Waals surface area contributed by atoms with Gasteiger partial charge in [-0.2, -0.15) is 0 Å². The molecule has 0 bridgehead atoms. The first-order chi connectivity index (χ1) is 13.5. The highest BCUT2D eigenvalue weighted by molar-refractivity contribution is 7.93. The summed E-state index contributed by atoms with van der Waals surface area (Å²) in [7, 11) is -3.73. The van der Waals surface area contributed by atoms with Crippen molar-refractivity contribution in [1.82, 2.24) is 9.97 Å². The first-order valence-corrected chi connectivity index (χ1v) is 10.8. The van der Waals surface area contributed by atoms with Gasteiger partial charge in [-0.05, 0) is 42.3 Å². The summed E-state index contributed by atoms with van der Waals surface area (Å²) in [5.41, 5.74) is 1.50. The van der Waals surface area contributed by atoms with Crippen molar-refractivity contribution in [2.24, 2.45) is 0 Å². The Morgan fingerprint density at radius 2 is 2.18 bits per heavy atom. The minimum Gasteiger partial charge on any atom is -0.482 e. The van der Waals surface area contributed by atoms with Gasteiger partial charge in [0.05, 0.1) is 11.1 Å². The third-order valence-corrected chi connectivity index (χ3v) is 6.36. The summed E-state index contributed by atoms with van der Waals surface area (Å²) in [5.74, 6) is 0.323. The Labute approximate surface area is 165 Å². The predicted octanol–water partition coefficient (Wildman–Crippen LogP) is 2.31. The van der Waals surface area contributed by atoms with Crippen LogP contribution in [0, 0.1) is 0 Å². The van der Waals surface area contributed by atoms with Gasteiger partial charge in [0, 0.05) is 30.0 Å². The molecule has 1 aromatic carbocycles. The second-order valence-electron chi connectivity index (χ2n) is 6.01. The molecule has 0 fully saturated rings. The minimum absolute atomic E-state index is 0.114. The molecule has 0 radical (unpaired) electrons. The Hall–Kier alpha value is -2.98. The Bertz CT molecular complexity index is 1090. The Morgan fingerprint density at radius 1 is 1.29 bits per heavy atom. The summed E-state index contributed by atoms with van der Waals surface area (Å²) < 4.78 is 33.0. The summed E-state index contributed by atoms with van der Waals surface area (Å²) in [6.07, 6.45) is 5.27. The van der Waals surface area contributed by atoms with Crippen molar-refractivity contribution in [3.05, 3.63) is 59.9 Å². The Kier molecular flexibility index (Phi) is 4.97. The molecule has 2 aromatic heterocycles. The van der Waals surface area contributed by atoms with Crippen LogP contribution in [0.4, 0.5) is 10.8 Å². The van der Waals surface area contributed by atoms with E-state index in [1.165, 1.54) is 29.8 Å². The van der Waals surface area contributed by atoms with Gasteiger partial charge in [-0.15, -0.1) is 11.3 Å². The first-order valence-electron chi connectivity index (χ1n) is 8.41. The number of pyridine rings is 1. The maximum Gasteiger partial charge on any atom is 0.264 e. The van der Waals surface area contributed by atoms with Crippen molar-refractivity contribution < 1.29 is 17.9 Å². The number of nitrogens with one attached hydrogen (secondary N) is 1. The molecule has 0 atom stereocenters. The highest BCUT2D eigenvalue weighted by Gasteiger charge is 2.27. The SMILES string of the molecule is O=C(COc1cccnc1)N1CCc2cc(S(=O)(=O)Nc3nccs3)ccc21. The van der Waals surface area contributed by atoms with Gasteiger partial charge in [-0.25, -0.2) is 13.4 Å². The van der Waals surface area contributed by atoms with E-state index < -0.39 is 10.0 Å². The number of carbonyl (C=O) groups excluding carboxylic acids is 1. The van der Waals surface area contributed by atoms with E-state index in [0.29, 0.717) is 29.5 Å². The van der Waals surface area contributed by atoms with Gasteiger partial charge in [0.2, 0.25) is 0 Å². The predicted molar refractivity (Wildman–Crippen MR) is 105 cm³/mol. The second kappa shape index (κ2) is 7.56. The van der Waals surface area contributed by atoms with Crippen LogP contribution in [-0.2, 0) is 21.2 Å². The quantitative estimate of drug-likeness (QED) is 0.662. The lowest BCUT2D eigenvalue weighted by Gasteiger charge is -2.18. The van der Waals surface area contributed by atoms with E-state index in [1.54, 1.807) is 40.7 Å². The molecule has 1 aliphatic rings. The molecule has 10 heteroatoms. The average Bonchev–Trinajstić information content (AvgIpc) is 3.35. The lowest BCUT2D eigenvalue weighted by molar-refractivity contribution is -0.120. The molecular formula is C18H16N4O4S2.